The van der Waals surface area contributed by atoms with Crippen LogP contribution in [-0.2, 0) is 9.59 Å². The van der Waals surface area contributed by atoms with Crippen molar-refractivity contribution < 1.29 is 18.9 Å². The lowest BCUT2D eigenvalue weighted by molar-refractivity contribution is -0.402. The number of thioether (sulfide) groups is 1. The Hall–Kier alpha value is -2.42. The van der Waals surface area contributed by atoms with Crippen molar-refractivity contribution in [3.8, 4) is 0 Å². The van der Waals surface area contributed by atoms with Crippen LogP contribution in [0.3, 0.4) is 0 Å². The van der Waals surface area contributed by atoms with Gasteiger partial charge in [0.05, 0.1) is 11.0 Å². The third kappa shape index (κ3) is 3.07. The van der Waals surface area contributed by atoms with Gasteiger partial charge in [-0.05, 0) is 17.8 Å². The van der Waals surface area contributed by atoms with Crippen molar-refractivity contribution in [1.82, 2.24) is 5.32 Å². The molecule has 0 atom stereocenters. The minimum Gasteiger partial charge on any atom is -0.401 e. The van der Waals surface area contributed by atoms with Gasteiger partial charge in [0.25, 0.3) is 5.91 Å². The summed E-state index contributed by atoms with van der Waals surface area (Å²) in [5, 5.41) is 13.0. The lowest BCUT2D eigenvalue weighted by atomic mass is 10.4. The van der Waals surface area contributed by atoms with E-state index in [1.54, 1.807) is 0 Å². The summed E-state index contributed by atoms with van der Waals surface area (Å²) in [7, 11) is 0. The minimum atomic E-state index is -0.676. The molecule has 2 heterocycles. The molecule has 1 N–H and O–H groups in total. The molecular weight excluding hydrogens is 274 g/mol. The SMILES string of the molecule is CC(=O)NC1=NC(=O)/C(=C/c2ccc([N+](=O)[O-])o2)S1. The van der Waals surface area contributed by atoms with Gasteiger partial charge >= 0.3 is 5.88 Å². The number of amides is 2. The Balaban J connectivity index is 2.15. The molecule has 1 aliphatic rings. The molecule has 8 nitrogen and oxygen atoms in total. The molecule has 0 fully saturated rings. The number of hydrogen-bond acceptors (Lipinski definition) is 6. The summed E-state index contributed by atoms with van der Waals surface area (Å²) >= 11 is 0.959. The van der Waals surface area contributed by atoms with Crippen molar-refractivity contribution in [3.05, 3.63) is 32.9 Å². The van der Waals surface area contributed by atoms with E-state index in [2.05, 4.69) is 10.3 Å². The van der Waals surface area contributed by atoms with Crippen molar-refractivity contribution in [2.75, 3.05) is 0 Å². The second-order valence-corrected chi connectivity index (χ2v) is 4.48. The number of nitrogens with one attached hydrogen (secondary N) is 1. The lowest BCUT2D eigenvalue weighted by Crippen LogP contribution is -2.23. The molecule has 0 spiro atoms. The van der Waals surface area contributed by atoms with Crippen molar-refractivity contribution >= 4 is 40.7 Å². The maximum absolute atomic E-state index is 11.5. The van der Waals surface area contributed by atoms with Crippen LogP contribution < -0.4 is 5.32 Å². The Morgan fingerprint density at radius 2 is 2.32 bits per heavy atom. The fourth-order valence-corrected chi connectivity index (χ4v) is 2.10. The summed E-state index contributed by atoms with van der Waals surface area (Å²) in [5.74, 6) is -1.12. The molecule has 0 saturated carbocycles. The van der Waals surface area contributed by atoms with Crippen LogP contribution >= 0.6 is 11.8 Å². The predicted octanol–water partition coefficient (Wildman–Crippen LogP) is 1.29. The van der Waals surface area contributed by atoms with Gasteiger partial charge in [0.2, 0.25) is 5.91 Å². The summed E-state index contributed by atoms with van der Waals surface area (Å²) in [5.41, 5.74) is 0. The molecule has 1 aromatic heterocycles. The molecule has 0 radical (unpaired) electrons. The van der Waals surface area contributed by atoms with Crippen molar-refractivity contribution in [3.63, 3.8) is 0 Å². The van der Waals surface area contributed by atoms with E-state index in [4.69, 9.17) is 4.42 Å². The fraction of sp³-hybridized carbons (Fsp3) is 0.100. The maximum atomic E-state index is 11.5. The van der Waals surface area contributed by atoms with Crippen LogP contribution in [0.5, 0.6) is 0 Å². The number of furan rings is 1. The Kier molecular flexibility index (Phi) is 3.47. The average Bonchev–Trinajstić information content (AvgIpc) is 2.87. The van der Waals surface area contributed by atoms with E-state index < -0.39 is 16.7 Å². The third-order valence-corrected chi connectivity index (χ3v) is 2.87. The molecule has 2 rings (SSSR count). The normalized spacial score (nSPS) is 16.6. The quantitative estimate of drug-likeness (QED) is 0.496. The summed E-state index contributed by atoms with van der Waals surface area (Å²) in [6.45, 7) is 1.30. The van der Waals surface area contributed by atoms with E-state index in [1.807, 2.05) is 0 Å². The number of carbonyl (C=O) groups excluding carboxylic acids is 2. The highest BCUT2D eigenvalue weighted by Crippen LogP contribution is 2.28. The van der Waals surface area contributed by atoms with Crippen LogP contribution in [0.2, 0.25) is 0 Å². The van der Waals surface area contributed by atoms with E-state index in [-0.39, 0.29) is 21.7 Å². The van der Waals surface area contributed by atoms with Crippen LogP contribution in [0.1, 0.15) is 12.7 Å². The zero-order valence-corrected chi connectivity index (χ0v) is 10.4. The van der Waals surface area contributed by atoms with E-state index in [0.717, 1.165) is 11.8 Å². The molecule has 1 aliphatic heterocycles. The molecular formula is C10H7N3O5S. The van der Waals surface area contributed by atoms with E-state index in [1.165, 1.54) is 25.1 Å². The highest BCUT2D eigenvalue weighted by molar-refractivity contribution is 8.18. The Morgan fingerprint density at radius 3 is 2.89 bits per heavy atom. The van der Waals surface area contributed by atoms with Gasteiger partial charge in [-0.25, -0.2) is 0 Å². The molecule has 19 heavy (non-hydrogen) atoms. The van der Waals surface area contributed by atoms with Gasteiger partial charge in [-0.3, -0.25) is 19.7 Å². The Labute approximate surface area is 110 Å². The highest BCUT2D eigenvalue weighted by Gasteiger charge is 2.23. The van der Waals surface area contributed by atoms with Gasteiger partial charge in [-0.2, -0.15) is 4.99 Å². The molecule has 0 saturated heterocycles. The fourth-order valence-electron chi connectivity index (χ4n) is 1.26. The molecule has 0 unspecified atom stereocenters. The molecule has 1 aromatic rings. The maximum Gasteiger partial charge on any atom is 0.433 e. The summed E-state index contributed by atoms with van der Waals surface area (Å²) in [4.78, 5) is 35.9. The topological polar surface area (TPSA) is 115 Å². The number of nitrogens with zero attached hydrogens (tertiary/aromatic N) is 2. The van der Waals surface area contributed by atoms with Crippen LogP contribution in [0, 0.1) is 10.1 Å². The van der Waals surface area contributed by atoms with Gasteiger partial charge in [0.15, 0.2) is 5.17 Å². The van der Waals surface area contributed by atoms with E-state index in [0.29, 0.717) is 0 Å². The van der Waals surface area contributed by atoms with Gasteiger partial charge in [-0.1, -0.05) is 0 Å². The number of nitro groups is 1. The Bertz CT molecular complexity index is 631. The van der Waals surface area contributed by atoms with E-state index in [9.17, 15) is 19.7 Å². The minimum absolute atomic E-state index is 0.168. The average molecular weight is 281 g/mol. The third-order valence-electron chi connectivity index (χ3n) is 1.97. The zero-order valence-electron chi connectivity index (χ0n) is 9.58. The van der Waals surface area contributed by atoms with E-state index >= 15 is 0 Å². The summed E-state index contributed by atoms with van der Waals surface area (Å²) in [6.07, 6.45) is 1.33. The second kappa shape index (κ2) is 5.06. The molecule has 2 amide bonds. The lowest BCUT2D eigenvalue weighted by Gasteiger charge is -1.96. The monoisotopic (exact) mass is 281 g/mol. The first-order valence-electron chi connectivity index (χ1n) is 5.00. The molecule has 98 valence electrons. The van der Waals surface area contributed by atoms with Crippen molar-refractivity contribution in [2.45, 2.75) is 6.92 Å². The first-order chi connectivity index (χ1) is 8.95. The van der Waals surface area contributed by atoms with Crippen LogP contribution in [0.4, 0.5) is 5.88 Å². The van der Waals surface area contributed by atoms with Gasteiger partial charge in [0, 0.05) is 13.0 Å². The number of amidine groups is 1. The smallest absolute Gasteiger partial charge is 0.401 e. The molecule has 0 bridgehead atoms. The van der Waals surface area contributed by atoms with Gasteiger partial charge in [-0.15, -0.1) is 0 Å². The summed E-state index contributed by atoms with van der Waals surface area (Å²) in [6, 6.07) is 2.56. The molecule has 9 heteroatoms. The van der Waals surface area contributed by atoms with Crippen LogP contribution in [0.25, 0.3) is 6.08 Å². The summed E-state index contributed by atoms with van der Waals surface area (Å²) < 4.78 is 4.89. The van der Waals surface area contributed by atoms with Crippen LogP contribution in [-0.4, -0.2) is 21.9 Å². The number of carbonyl (C=O) groups is 2. The number of aliphatic imine (C=N–C) groups is 1. The standard InChI is InChI=1S/C10H7N3O5S/c1-5(14)11-10-12-9(15)7(19-10)4-6-2-3-8(18-6)13(16)17/h2-4H,1H3,(H,11,12,14,15)/b7-4-. The number of rotatable bonds is 2. The van der Waals surface area contributed by atoms with Gasteiger partial charge < -0.3 is 9.73 Å². The van der Waals surface area contributed by atoms with Crippen LogP contribution in [0.15, 0.2) is 26.4 Å². The molecule has 0 aliphatic carbocycles. The van der Waals surface area contributed by atoms with Crippen molar-refractivity contribution in [1.29, 1.82) is 0 Å². The molecule has 0 aromatic carbocycles. The zero-order chi connectivity index (χ0) is 14.0. The predicted molar refractivity (Wildman–Crippen MR) is 67.2 cm³/mol. The van der Waals surface area contributed by atoms with Gasteiger partial charge in [0.1, 0.15) is 10.7 Å². The first-order valence-corrected chi connectivity index (χ1v) is 5.82. The first kappa shape index (κ1) is 13.0. The Morgan fingerprint density at radius 1 is 1.58 bits per heavy atom. The number of hydrogen-bond donors (Lipinski definition) is 1. The second-order valence-electron chi connectivity index (χ2n) is 3.45. The largest absolute Gasteiger partial charge is 0.433 e. The van der Waals surface area contributed by atoms with Crippen molar-refractivity contribution in [2.24, 2.45) is 4.99 Å². The highest BCUT2D eigenvalue weighted by atomic mass is 32.2.